The van der Waals surface area contributed by atoms with E-state index in [9.17, 15) is 4.79 Å². The van der Waals surface area contributed by atoms with E-state index in [0.29, 0.717) is 6.42 Å². The Morgan fingerprint density at radius 2 is 1.73 bits per heavy atom. The lowest BCUT2D eigenvalue weighted by Crippen LogP contribution is -2.59. The summed E-state index contributed by atoms with van der Waals surface area (Å²) in [5.74, 6) is 0.0773. The Morgan fingerprint density at radius 1 is 1.07 bits per heavy atom. The lowest BCUT2D eigenvalue weighted by Gasteiger charge is -2.38. The normalized spacial score (nSPS) is 15.6. The molecule has 30 heavy (non-hydrogen) atoms. The van der Waals surface area contributed by atoms with Gasteiger partial charge in [0.15, 0.2) is 0 Å². The minimum absolute atomic E-state index is 0.0279. The van der Waals surface area contributed by atoms with Gasteiger partial charge in [-0.05, 0) is 30.7 Å². The van der Waals surface area contributed by atoms with E-state index >= 15 is 0 Å². The van der Waals surface area contributed by atoms with E-state index in [1.165, 1.54) is 16.7 Å². The molecule has 0 fully saturated rings. The highest BCUT2D eigenvalue weighted by molar-refractivity contribution is 5.88. The van der Waals surface area contributed by atoms with E-state index < -0.39 is 5.54 Å². The Labute approximate surface area is 178 Å². The quantitative estimate of drug-likeness (QED) is 0.662. The average Bonchev–Trinajstić information content (AvgIpc) is 3.16. The first kappa shape index (κ1) is 20.2. The number of fused-ring (bicyclic) bond motifs is 1. The van der Waals surface area contributed by atoms with Gasteiger partial charge >= 0.3 is 0 Å². The predicted octanol–water partition coefficient (Wildman–Crippen LogP) is 3.19. The van der Waals surface area contributed by atoms with Crippen LogP contribution in [0.5, 0.6) is 0 Å². The number of likely N-dealkylation sites (N-methyl/N-ethyl adjacent to an activating group) is 1. The van der Waals surface area contributed by atoms with Gasteiger partial charge in [0.2, 0.25) is 5.91 Å². The van der Waals surface area contributed by atoms with E-state index in [1.54, 1.807) is 18.6 Å². The zero-order valence-corrected chi connectivity index (χ0v) is 17.6. The molecule has 1 aliphatic carbocycles. The molecule has 5 heteroatoms. The van der Waals surface area contributed by atoms with Crippen molar-refractivity contribution in [3.63, 3.8) is 0 Å². The molecule has 1 aliphatic rings. The molecule has 0 radical (unpaired) electrons. The Bertz CT molecular complexity index is 965. The average molecular weight is 401 g/mol. The highest BCUT2D eigenvalue weighted by atomic mass is 16.2. The zero-order valence-electron chi connectivity index (χ0n) is 17.6. The van der Waals surface area contributed by atoms with Crippen molar-refractivity contribution >= 4 is 5.91 Å². The molecule has 0 spiro atoms. The fraction of sp³-hybridized carbons (Fsp3) is 0.320. The van der Waals surface area contributed by atoms with E-state index in [2.05, 4.69) is 63.6 Å². The predicted molar refractivity (Wildman–Crippen MR) is 118 cm³/mol. The number of aromatic nitrogens is 2. The summed E-state index contributed by atoms with van der Waals surface area (Å²) in [6.45, 7) is 2.75. The van der Waals surface area contributed by atoms with Crippen LogP contribution in [0.4, 0.5) is 0 Å². The van der Waals surface area contributed by atoms with Gasteiger partial charge in [0, 0.05) is 50.4 Å². The maximum atomic E-state index is 13.7. The van der Waals surface area contributed by atoms with Gasteiger partial charge in [0.25, 0.3) is 0 Å². The second-order valence-electron chi connectivity index (χ2n) is 8.27. The van der Waals surface area contributed by atoms with Crippen LogP contribution in [-0.2, 0) is 30.6 Å². The van der Waals surface area contributed by atoms with E-state index in [0.717, 1.165) is 25.1 Å². The molecule has 0 saturated heterocycles. The molecular weight excluding hydrogens is 372 g/mol. The SMILES string of the molecule is CC(Cc1cnccn1)NC(=O)C1(N(C)Cc2ccccc2)Cc2ccccc2C1. The van der Waals surface area contributed by atoms with Crippen LogP contribution in [0.15, 0.2) is 73.2 Å². The standard InChI is InChI=1S/C25H28N4O/c1-19(14-23-17-26-12-13-27-23)28-24(30)25(15-21-10-6-7-11-22(21)16-25)29(2)18-20-8-4-3-5-9-20/h3-13,17,19H,14-16,18H2,1-2H3,(H,28,30). The van der Waals surface area contributed by atoms with Crippen molar-refractivity contribution < 1.29 is 4.79 Å². The molecular formula is C25H28N4O. The fourth-order valence-electron chi connectivity index (χ4n) is 4.37. The number of nitrogens with one attached hydrogen (secondary N) is 1. The molecule has 1 atom stereocenters. The largest absolute Gasteiger partial charge is 0.352 e. The number of carbonyl (C=O) groups is 1. The topological polar surface area (TPSA) is 58.1 Å². The molecule has 0 aliphatic heterocycles. The van der Waals surface area contributed by atoms with Crippen molar-refractivity contribution in [1.29, 1.82) is 0 Å². The van der Waals surface area contributed by atoms with Gasteiger partial charge in [0.1, 0.15) is 5.54 Å². The summed E-state index contributed by atoms with van der Waals surface area (Å²) in [6.07, 6.45) is 7.20. The lowest BCUT2D eigenvalue weighted by molar-refractivity contribution is -0.133. The molecule has 4 rings (SSSR count). The van der Waals surface area contributed by atoms with Gasteiger partial charge in [-0.1, -0.05) is 54.6 Å². The van der Waals surface area contributed by atoms with E-state index in [1.807, 2.05) is 25.1 Å². The molecule has 0 saturated carbocycles. The number of hydrogen-bond donors (Lipinski definition) is 1. The highest BCUT2D eigenvalue weighted by Gasteiger charge is 2.47. The summed E-state index contributed by atoms with van der Waals surface area (Å²) >= 11 is 0. The molecule has 1 amide bonds. The van der Waals surface area contributed by atoms with Crippen LogP contribution in [0.3, 0.4) is 0 Å². The Balaban J connectivity index is 1.55. The van der Waals surface area contributed by atoms with E-state index in [-0.39, 0.29) is 11.9 Å². The lowest BCUT2D eigenvalue weighted by atomic mass is 9.91. The summed E-state index contributed by atoms with van der Waals surface area (Å²) in [7, 11) is 2.06. The highest BCUT2D eigenvalue weighted by Crippen LogP contribution is 2.35. The number of amides is 1. The minimum Gasteiger partial charge on any atom is -0.352 e. The van der Waals surface area contributed by atoms with Crippen LogP contribution in [0.25, 0.3) is 0 Å². The van der Waals surface area contributed by atoms with Gasteiger partial charge < -0.3 is 5.32 Å². The summed E-state index contributed by atoms with van der Waals surface area (Å²) in [6, 6.07) is 18.7. The molecule has 5 nitrogen and oxygen atoms in total. The van der Waals surface area contributed by atoms with Crippen molar-refractivity contribution in [3.8, 4) is 0 Å². The summed E-state index contributed by atoms with van der Waals surface area (Å²) in [5.41, 5.74) is 4.00. The number of hydrogen-bond acceptors (Lipinski definition) is 4. The molecule has 3 aromatic rings. The third-order valence-electron chi connectivity index (χ3n) is 6.01. The van der Waals surface area contributed by atoms with Crippen LogP contribution < -0.4 is 5.32 Å². The second-order valence-corrected chi connectivity index (χ2v) is 8.27. The molecule has 154 valence electrons. The zero-order chi connectivity index (χ0) is 21.0. The summed E-state index contributed by atoms with van der Waals surface area (Å²) in [5, 5.41) is 3.26. The van der Waals surface area contributed by atoms with Gasteiger partial charge in [-0.25, -0.2) is 0 Å². The second kappa shape index (κ2) is 8.76. The Morgan fingerprint density at radius 3 is 2.37 bits per heavy atom. The minimum atomic E-state index is -0.601. The van der Waals surface area contributed by atoms with Crippen LogP contribution in [0.1, 0.15) is 29.3 Å². The molecule has 0 bridgehead atoms. The van der Waals surface area contributed by atoms with Crippen molar-refractivity contribution in [2.75, 3.05) is 7.05 Å². The van der Waals surface area contributed by atoms with Crippen LogP contribution in [-0.4, -0.2) is 39.4 Å². The van der Waals surface area contributed by atoms with Crippen molar-refractivity contribution in [1.82, 2.24) is 20.2 Å². The maximum absolute atomic E-state index is 13.7. The van der Waals surface area contributed by atoms with Crippen LogP contribution >= 0.6 is 0 Å². The van der Waals surface area contributed by atoms with Gasteiger partial charge in [-0.15, -0.1) is 0 Å². The molecule has 1 N–H and O–H groups in total. The first-order chi connectivity index (χ1) is 14.6. The number of nitrogens with zero attached hydrogens (tertiary/aromatic N) is 3. The van der Waals surface area contributed by atoms with E-state index in [4.69, 9.17) is 0 Å². The smallest absolute Gasteiger partial charge is 0.241 e. The third kappa shape index (κ3) is 4.26. The number of carbonyl (C=O) groups excluding carboxylic acids is 1. The molecule has 2 aromatic carbocycles. The van der Waals surface area contributed by atoms with Gasteiger partial charge in [0.05, 0.1) is 5.69 Å². The molecule has 1 unspecified atom stereocenters. The fourth-order valence-corrected chi connectivity index (χ4v) is 4.37. The van der Waals surface area contributed by atoms with Gasteiger partial charge in [-0.3, -0.25) is 19.7 Å². The first-order valence-electron chi connectivity index (χ1n) is 10.4. The van der Waals surface area contributed by atoms with Crippen LogP contribution in [0, 0.1) is 0 Å². The number of benzene rings is 2. The van der Waals surface area contributed by atoms with Crippen LogP contribution in [0.2, 0.25) is 0 Å². The third-order valence-corrected chi connectivity index (χ3v) is 6.01. The summed E-state index contributed by atoms with van der Waals surface area (Å²) < 4.78 is 0. The summed E-state index contributed by atoms with van der Waals surface area (Å²) in [4.78, 5) is 24.4. The van der Waals surface area contributed by atoms with Crippen molar-refractivity contribution in [2.45, 2.75) is 44.3 Å². The maximum Gasteiger partial charge on any atom is 0.241 e. The molecule has 1 heterocycles. The monoisotopic (exact) mass is 400 g/mol. The Hall–Kier alpha value is -3.05. The number of rotatable bonds is 7. The molecule has 1 aromatic heterocycles. The Kier molecular flexibility index (Phi) is 5.91. The van der Waals surface area contributed by atoms with Gasteiger partial charge in [-0.2, -0.15) is 0 Å². The van der Waals surface area contributed by atoms with Crippen molar-refractivity contribution in [2.24, 2.45) is 0 Å². The first-order valence-corrected chi connectivity index (χ1v) is 10.4. The van der Waals surface area contributed by atoms with Crippen molar-refractivity contribution in [3.05, 3.63) is 95.6 Å².